The molecule has 1 aliphatic heterocycles. The van der Waals surface area contributed by atoms with Gasteiger partial charge in [0.2, 0.25) is 0 Å². The minimum absolute atomic E-state index is 0.303. The molecule has 1 fully saturated rings. The summed E-state index contributed by atoms with van der Waals surface area (Å²) in [6.45, 7) is -0.561. The summed E-state index contributed by atoms with van der Waals surface area (Å²) in [5, 5.41) is 29.5. The number of rotatable bonds is 17. The molecule has 1 aromatic heterocycles. The second-order valence-corrected chi connectivity index (χ2v) is 14.1. The molecule has 258 valence electrons. The van der Waals surface area contributed by atoms with Crippen molar-refractivity contribution in [3.05, 3.63) is 75.6 Å². The Kier molecular flexibility index (Phi) is 13.4. The molecule has 19 heteroatoms. The van der Waals surface area contributed by atoms with E-state index in [-0.39, 0.29) is 6.61 Å². The zero-order valence-corrected chi connectivity index (χ0v) is 27.7. The molecule has 0 radical (unpaired) electrons. The summed E-state index contributed by atoms with van der Waals surface area (Å²) in [6, 6.07) is 15.0. The van der Waals surface area contributed by atoms with E-state index in [1.54, 1.807) is 0 Å². The second kappa shape index (κ2) is 17.0. The lowest BCUT2D eigenvalue weighted by molar-refractivity contribution is -0.245. The van der Waals surface area contributed by atoms with E-state index < -0.39 is 58.0 Å². The number of aliphatic hydroxyl groups is 2. The van der Waals surface area contributed by atoms with Gasteiger partial charge < -0.3 is 44.4 Å². The van der Waals surface area contributed by atoms with Crippen LogP contribution in [-0.2, 0) is 27.2 Å². The van der Waals surface area contributed by atoms with Crippen LogP contribution in [0.15, 0.2) is 64.3 Å². The Morgan fingerprint density at radius 3 is 2.38 bits per heavy atom. The van der Waals surface area contributed by atoms with Crippen molar-refractivity contribution in [3.63, 3.8) is 0 Å². The van der Waals surface area contributed by atoms with Crippen molar-refractivity contribution in [1.82, 2.24) is 14.9 Å². The van der Waals surface area contributed by atoms with Gasteiger partial charge in [-0.2, -0.15) is 0 Å². The average molecular weight is 715 g/mol. The van der Waals surface area contributed by atoms with E-state index in [1.807, 2.05) is 47.4 Å². The average Bonchev–Trinajstić information content (AvgIpc) is 3.29. The lowest BCUT2D eigenvalue weighted by Gasteiger charge is -2.31. The number of aliphatic hydroxyl groups excluding tert-OH is 2. The summed E-state index contributed by atoms with van der Waals surface area (Å²) >= 11 is 5.40. The van der Waals surface area contributed by atoms with Crippen molar-refractivity contribution in [2.45, 2.75) is 63.1 Å². The molecule has 0 spiro atoms. The highest BCUT2D eigenvalue weighted by atomic mass is 32.1. The third-order valence-electron chi connectivity index (χ3n) is 7.20. The van der Waals surface area contributed by atoms with Crippen molar-refractivity contribution in [3.8, 4) is 0 Å². The summed E-state index contributed by atoms with van der Waals surface area (Å²) in [5.74, 6) is 0. The van der Waals surface area contributed by atoms with Gasteiger partial charge in [-0.1, -0.05) is 62.1 Å². The second-order valence-electron chi connectivity index (χ2n) is 10.7. The molecule has 16 nitrogen and oxygen atoms in total. The number of aromatic amines is 1. The van der Waals surface area contributed by atoms with Gasteiger partial charge in [0.15, 0.2) is 11.3 Å². The Bertz CT molecular complexity index is 1720. The molecule has 0 aliphatic carbocycles. The fraction of sp³-hybridized carbons (Fsp3) is 0.464. The lowest BCUT2D eigenvalue weighted by Crippen LogP contribution is -2.37. The molecule has 0 amide bonds. The highest BCUT2D eigenvalue weighted by Crippen LogP contribution is 2.55. The van der Waals surface area contributed by atoms with Crippen molar-refractivity contribution in [2.24, 2.45) is 0 Å². The topological polar surface area (TPSA) is 237 Å². The smallest absolute Gasteiger partial charge is 0.330 e. The number of fused-ring (bicyclic) bond motifs is 1. The Balaban J connectivity index is 1.06. The van der Waals surface area contributed by atoms with Crippen LogP contribution in [0.3, 0.4) is 0 Å². The maximum absolute atomic E-state index is 12.1. The van der Waals surface area contributed by atoms with Gasteiger partial charge in [0, 0.05) is 29.9 Å². The molecule has 5 N–H and O–H groups in total. The maximum atomic E-state index is 12.1. The Morgan fingerprint density at radius 2 is 1.62 bits per heavy atom. The maximum Gasteiger partial charge on any atom is 0.330 e. The number of phosphoric acid groups is 2. The molecule has 0 saturated carbocycles. The van der Waals surface area contributed by atoms with Gasteiger partial charge in [-0.3, -0.25) is 23.5 Å². The Hall–Kier alpha value is -2.79. The number of hydrogen-bond donors (Lipinski definition) is 5. The SMILES string of the molecule is O=c1ccn(C2OC(COP(=O)([O-])OP(=O)([O-])OCCCCCCCCNC(=S)Nc3cccc4ccccc34)C(O)C2O)c(=O)[nH]1. The van der Waals surface area contributed by atoms with E-state index >= 15 is 0 Å². The van der Waals surface area contributed by atoms with Gasteiger partial charge in [0.25, 0.3) is 21.2 Å². The van der Waals surface area contributed by atoms with Crippen LogP contribution in [0.4, 0.5) is 5.69 Å². The molecule has 6 atom stereocenters. The van der Waals surface area contributed by atoms with Gasteiger partial charge in [0.05, 0.1) is 13.2 Å². The number of unbranched alkanes of at least 4 members (excludes halogenated alkanes) is 5. The van der Waals surface area contributed by atoms with Crippen LogP contribution in [0.1, 0.15) is 44.8 Å². The molecule has 2 heterocycles. The summed E-state index contributed by atoms with van der Waals surface area (Å²) < 4.78 is 43.4. The van der Waals surface area contributed by atoms with E-state index in [0.717, 1.165) is 59.0 Å². The van der Waals surface area contributed by atoms with Crippen LogP contribution in [0.25, 0.3) is 10.8 Å². The number of hydrogen-bond acceptors (Lipinski definition) is 13. The predicted molar refractivity (Wildman–Crippen MR) is 171 cm³/mol. The number of aromatic nitrogens is 2. The van der Waals surface area contributed by atoms with E-state index in [4.69, 9.17) is 17.0 Å². The number of ether oxygens (including phenoxy) is 1. The van der Waals surface area contributed by atoms with Gasteiger partial charge >= 0.3 is 5.69 Å². The number of anilines is 1. The number of phosphoric ester groups is 2. The molecule has 1 aliphatic rings. The summed E-state index contributed by atoms with van der Waals surface area (Å²) in [5.41, 5.74) is -0.726. The molecule has 47 heavy (non-hydrogen) atoms. The van der Waals surface area contributed by atoms with Crippen LogP contribution in [0, 0.1) is 0 Å². The van der Waals surface area contributed by atoms with Gasteiger partial charge in [-0.15, -0.1) is 0 Å². The highest BCUT2D eigenvalue weighted by molar-refractivity contribution is 7.80. The molecule has 0 bridgehead atoms. The van der Waals surface area contributed by atoms with E-state index in [0.29, 0.717) is 24.5 Å². The third kappa shape index (κ3) is 11.1. The van der Waals surface area contributed by atoms with Crippen LogP contribution in [0.2, 0.25) is 0 Å². The number of nitrogens with zero attached hydrogens (tertiary/aromatic N) is 1. The molecule has 2 aromatic carbocycles. The standard InChI is InChI=1S/C28H38N4O12P2S/c33-23-14-16-32(28(36)31-23)26-25(35)24(34)22(43-26)18-42-46(39,40)44-45(37,38)41-17-8-4-2-1-3-7-15-29-27(47)30-21-13-9-11-19-10-5-6-12-20(19)21/h5-6,9-14,16,22,24-26,34-35H,1-4,7-8,15,17-18H2,(H,37,38)(H,39,40)(H2,29,30,47)(H,31,33,36)/p-2. The molecule has 1 saturated heterocycles. The normalized spacial score (nSPS) is 22.0. The number of thiocarbonyl (C=S) groups is 1. The van der Waals surface area contributed by atoms with Gasteiger partial charge in [-0.05, 0) is 36.5 Å². The zero-order valence-electron chi connectivity index (χ0n) is 25.1. The fourth-order valence-electron chi connectivity index (χ4n) is 4.87. The first kappa shape index (κ1) is 37.0. The molecular formula is C28H36N4O12P2S-2. The largest absolute Gasteiger partial charge is 0.756 e. The van der Waals surface area contributed by atoms with Crippen molar-refractivity contribution in [2.75, 3.05) is 25.1 Å². The summed E-state index contributed by atoms with van der Waals surface area (Å²) in [6.07, 6.45) is -0.923. The predicted octanol–water partition coefficient (Wildman–Crippen LogP) is 1.62. The number of H-pyrrole nitrogens is 1. The minimum Gasteiger partial charge on any atom is -0.756 e. The van der Waals surface area contributed by atoms with Gasteiger partial charge in [0.1, 0.15) is 18.3 Å². The first-order valence-corrected chi connectivity index (χ1v) is 18.2. The Labute approximate surface area is 274 Å². The number of benzene rings is 2. The molecular weight excluding hydrogens is 678 g/mol. The zero-order chi connectivity index (χ0) is 34.0. The van der Waals surface area contributed by atoms with Crippen LogP contribution in [0.5, 0.6) is 0 Å². The van der Waals surface area contributed by atoms with Crippen LogP contribution < -0.4 is 31.7 Å². The molecule has 6 unspecified atom stereocenters. The minimum atomic E-state index is -5.49. The highest BCUT2D eigenvalue weighted by Gasteiger charge is 2.44. The van der Waals surface area contributed by atoms with Crippen LogP contribution in [-0.4, -0.2) is 62.9 Å². The lowest BCUT2D eigenvalue weighted by atomic mass is 10.1. The monoisotopic (exact) mass is 714 g/mol. The number of nitrogens with one attached hydrogen (secondary N) is 3. The van der Waals surface area contributed by atoms with E-state index in [9.17, 15) is 38.7 Å². The van der Waals surface area contributed by atoms with E-state index in [2.05, 4.69) is 24.0 Å². The third-order valence-corrected chi connectivity index (χ3v) is 10.0. The first-order valence-electron chi connectivity index (χ1n) is 14.8. The van der Waals surface area contributed by atoms with Crippen LogP contribution >= 0.6 is 27.9 Å². The first-order chi connectivity index (χ1) is 22.3. The van der Waals surface area contributed by atoms with Gasteiger partial charge in [-0.25, -0.2) is 9.11 Å². The molecule has 3 aromatic rings. The van der Waals surface area contributed by atoms with Crippen molar-refractivity contribution >= 4 is 49.4 Å². The fourth-order valence-corrected chi connectivity index (χ4v) is 7.12. The molecule has 4 rings (SSSR count). The van der Waals surface area contributed by atoms with Crippen molar-refractivity contribution in [1.29, 1.82) is 0 Å². The summed E-state index contributed by atoms with van der Waals surface area (Å²) in [7, 11) is -10.8. The quantitative estimate of drug-likeness (QED) is 0.0759. The van der Waals surface area contributed by atoms with E-state index in [1.165, 1.54) is 0 Å². The Morgan fingerprint density at radius 1 is 0.936 bits per heavy atom. The van der Waals surface area contributed by atoms with Crippen molar-refractivity contribution < 1.29 is 47.2 Å². The summed E-state index contributed by atoms with van der Waals surface area (Å²) in [4.78, 5) is 49.3.